The van der Waals surface area contributed by atoms with E-state index in [1.807, 2.05) is 66.2 Å². The average Bonchev–Trinajstić information content (AvgIpc) is 3.27. The molecule has 2 aromatic heterocycles. The molecule has 0 spiro atoms. The van der Waals surface area contributed by atoms with Gasteiger partial charge >= 0.3 is 0 Å². The number of ether oxygens (including phenoxy) is 1. The van der Waals surface area contributed by atoms with Crippen LogP contribution < -0.4 is 21.1 Å². The number of benzene rings is 2. The number of carbonyl (C=O) groups is 1. The smallest absolute Gasteiger partial charge is 0.251 e. The highest BCUT2D eigenvalue weighted by atomic mass is 16.5. The second-order valence-electron chi connectivity index (χ2n) is 7.75. The first-order chi connectivity index (χ1) is 16.1. The van der Waals surface area contributed by atoms with Gasteiger partial charge in [0.25, 0.3) is 5.91 Å². The first-order valence-corrected chi connectivity index (χ1v) is 10.9. The van der Waals surface area contributed by atoms with Gasteiger partial charge in [0, 0.05) is 35.8 Å². The van der Waals surface area contributed by atoms with E-state index < -0.39 is 0 Å². The number of rotatable bonds is 9. The number of imidazole rings is 1. The maximum Gasteiger partial charge on any atom is 0.251 e. The zero-order valence-electron chi connectivity index (χ0n) is 18.8. The van der Waals surface area contributed by atoms with E-state index in [2.05, 4.69) is 20.6 Å². The van der Waals surface area contributed by atoms with Crippen LogP contribution in [0.15, 0.2) is 61.1 Å². The minimum Gasteiger partial charge on any atom is -0.497 e. The summed E-state index contributed by atoms with van der Waals surface area (Å²) in [5.41, 5.74) is 10.6. The average molecular weight is 445 g/mol. The van der Waals surface area contributed by atoms with Crippen LogP contribution in [0.3, 0.4) is 0 Å². The number of amides is 1. The molecular formula is C25H28N6O2. The van der Waals surface area contributed by atoms with E-state index in [0.717, 1.165) is 41.1 Å². The van der Waals surface area contributed by atoms with E-state index >= 15 is 0 Å². The Kier molecular flexibility index (Phi) is 6.85. The Balaban J connectivity index is 1.53. The third-order valence-electron chi connectivity index (χ3n) is 5.46. The van der Waals surface area contributed by atoms with E-state index in [1.54, 1.807) is 13.3 Å². The van der Waals surface area contributed by atoms with Crippen molar-refractivity contribution < 1.29 is 9.53 Å². The van der Waals surface area contributed by atoms with Gasteiger partial charge in [-0.15, -0.1) is 0 Å². The molecule has 33 heavy (non-hydrogen) atoms. The molecule has 0 fully saturated rings. The fourth-order valence-electron chi connectivity index (χ4n) is 3.68. The van der Waals surface area contributed by atoms with Gasteiger partial charge in [0.2, 0.25) is 0 Å². The van der Waals surface area contributed by atoms with Crippen molar-refractivity contribution in [3.63, 3.8) is 0 Å². The third-order valence-corrected chi connectivity index (χ3v) is 5.46. The number of aryl methyl sites for hydroxylation is 1. The zero-order valence-corrected chi connectivity index (χ0v) is 18.8. The van der Waals surface area contributed by atoms with Crippen LogP contribution in [0.2, 0.25) is 0 Å². The maximum atomic E-state index is 12.5. The lowest BCUT2D eigenvalue weighted by Gasteiger charge is -2.11. The Morgan fingerprint density at radius 2 is 1.94 bits per heavy atom. The molecule has 170 valence electrons. The zero-order chi connectivity index (χ0) is 23.2. The van der Waals surface area contributed by atoms with Crippen molar-refractivity contribution in [3.8, 4) is 17.0 Å². The molecule has 0 aliphatic heterocycles. The Hall–Kier alpha value is -3.91. The molecule has 8 heteroatoms. The van der Waals surface area contributed by atoms with Crippen LogP contribution in [0, 0.1) is 6.92 Å². The Morgan fingerprint density at radius 1 is 1.12 bits per heavy atom. The van der Waals surface area contributed by atoms with Crippen LogP contribution in [0.1, 0.15) is 28.8 Å². The summed E-state index contributed by atoms with van der Waals surface area (Å²) in [7, 11) is 1.65. The highest BCUT2D eigenvalue weighted by molar-refractivity contribution is 5.96. The van der Waals surface area contributed by atoms with Gasteiger partial charge in [-0.2, -0.15) is 0 Å². The quantitative estimate of drug-likeness (QED) is 0.338. The summed E-state index contributed by atoms with van der Waals surface area (Å²) in [5.74, 6) is 1.36. The first-order valence-electron chi connectivity index (χ1n) is 10.9. The molecule has 0 saturated carbocycles. The van der Waals surface area contributed by atoms with Gasteiger partial charge in [-0.25, -0.2) is 9.97 Å². The number of fused-ring (bicyclic) bond motifs is 1. The lowest BCUT2D eigenvalue weighted by molar-refractivity contribution is 0.0952. The van der Waals surface area contributed by atoms with Gasteiger partial charge in [0.1, 0.15) is 5.75 Å². The lowest BCUT2D eigenvalue weighted by Crippen LogP contribution is -2.25. The summed E-state index contributed by atoms with van der Waals surface area (Å²) in [6.07, 6.45) is 7.22. The molecule has 0 aliphatic carbocycles. The topological polar surface area (TPSA) is 107 Å². The summed E-state index contributed by atoms with van der Waals surface area (Å²) in [6, 6.07) is 13.5. The summed E-state index contributed by atoms with van der Waals surface area (Å²) in [5, 5.41) is 6.28. The van der Waals surface area contributed by atoms with Crippen molar-refractivity contribution in [2.45, 2.75) is 19.8 Å². The minimum absolute atomic E-state index is 0.0753. The van der Waals surface area contributed by atoms with E-state index in [1.165, 1.54) is 0 Å². The van der Waals surface area contributed by atoms with Gasteiger partial charge in [0.15, 0.2) is 11.5 Å². The molecule has 2 heterocycles. The molecular weight excluding hydrogens is 416 g/mol. The number of methoxy groups -OCH3 is 1. The van der Waals surface area contributed by atoms with Crippen molar-refractivity contribution in [1.82, 2.24) is 19.7 Å². The summed E-state index contributed by atoms with van der Waals surface area (Å²) in [6.45, 7) is 3.18. The molecule has 0 radical (unpaired) electrons. The molecule has 2 aromatic carbocycles. The number of nitrogens with zero attached hydrogens (tertiary/aromatic N) is 3. The number of hydrogen-bond acceptors (Lipinski definition) is 6. The molecule has 4 aromatic rings. The normalized spacial score (nSPS) is 10.9. The molecule has 0 bridgehead atoms. The van der Waals surface area contributed by atoms with Gasteiger partial charge in [-0.05, 0) is 74.3 Å². The van der Waals surface area contributed by atoms with Crippen LogP contribution in [0.5, 0.6) is 5.75 Å². The van der Waals surface area contributed by atoms with E-state index in [4.69, 9.17) is 10.5 Å². The fraction of sp³-hybridized carbons (Fsp3) is 0.240. The molecule has 1 amide bonds. The predicted molar refractivity (Wildman–Crippen MR) is 130 cm³/mol. The molecule has 4 N–H and O–H groups in total. The molecule has 0 aliphatic rings. The van der Waals surface area contributed by atoms with Gasteiger partial charge in [0.05, 0.1) is 19.0 Å². The van der Waals surface area contributed by atoms with Crippen LogP contribution in [0.4, 0.5) is 11.5 Å². The highest BCUT2D eigenvalue weighted by Gasteiger charge is 2.13. The SMILES string of the molecule is COc1ccc(-c2cnc3c(Nc4ccc(C(=O)NCCCCN)c(C)c4)nccn23)cc1. The maximum absolute atomic E-state index is 12.5. The number of anilines is 2. The van der Waals surface area contributed by atoms with Crippen molar-refractivity contribution in [1.29, 1.82) is 0 Å². The van der Waals surface area contributed by atoms with Crippen molar-refractivity contribution in [3.05, 3.63) is 72.2 Å². The fourth-order valence-corrected chi connectivity index (χ4v) is 3.68. The number of aromatic nitrogens is 3. The van der Waals surface area contributed by atoms with Crippen molar-refractivity contribution in [2.24, 2.45) is 5.73 Å². The number of nitrogens with two attached hydrogens (primary N) is 1. The second kappa shape index (κ2) is 10.1. The van der Waals surface area contributed by atoms with E-state index in [-0.39, 0.29) is 5.91 Å². The summed E-state index contributed by atoms with van der Waals surface area (Å²) < 4.78 is 7.24. The van der Waals surface area contributed by atoms with E-state index in [0.29, 0.717) is 30.1 Å². The summed E-state index contributed by atoms with van der Waals surface area (Å²) >= 11 is 0. The summed E-state index contributed by atoms with van der Waals surface area (Å²) in [4.78, 5) is 21.5. The van der Waals surface area contributed by atoms with E-state index in [9.17, 15) is 4.79 Å². The molecule has 0 atom stereocenters. The van der Waals surface area contributed by atoms with Crippen LogP contribution in [0.25, 0.3) is 16.9 Å². The van der Waals surface area contributed by atoms with Crippen LogP contribution >= 0.6 is 0 Å². The largest absolute Gasteiger partial charge is 0.497 e. The Bertz CT molecular complexity index is 1250. The number of unbranched alkanes of at least 4 members (excludes halogenated alkanes) is 1. The Labute approximate surface area is 192 Å². The second-order valence-corrected chi connectivity index (χ2v) is 7.75. The third kappa shape index (κ3) is 4.96. The Morgan fingerprint density at radius 3 is 2.67 bits per heavy atom. The van der Waals surface area contributed by atoms with Crippen LogP contribution in [-0.4, -0.2) is 40.5 Å². The standard InChI is InChI=1S/C25H28N6O2/c1-17-15-19(7-10-21(17)25(32)28-12-4-3-11-26)30-23-24-29-16-22(31(24)14-13-27-23)18-5-8-20(33-2)9-6-18/h5-10,13-16H,3-4,11-12,26H2,1-2H3,(H,27,30)(H,28,32). The minimum atomic E-state index is -0.0753. The van der Waals surface area contributed by atoms with Crippen LogP contribution in [-0.2, 0) is 0 Å². The highest BCUT2D eigenvalue weighted by Crippen LogP contribution is 2.27. The van der Waals surface area contributed by atoms with Crippen molar-refractivity contribution >= 4 is 23.1 Å². The monoisotopic (exact) mass is 444 g/mol. The predicted octanol–water partition coefficient (Wildman–Crippen LogP) is 3.93. The number of nitrogens with one attached hydrogen (secondary N) is 2. The first kappa shape index (κ1) is 22.3. The molecule has 8 nitrogen and oxygen atoms in total. The van der Waals surface area contributed by atoms with Gasteiger partial charge in [-0.1, -0.05) is 0 Å². The number of carbonyl (C=O) groups excluding carboxylic acids is 1. The lowest BCUT2D eigenvalue weighted by atomic mass is 10.1. The molecule has 4 rings (SSSR count). The van der Waals surface area contributed by atoms with Gasteiger partial charge < -0.3 is 21.1 Å². The molecule has 0 saturated heterocycles. The van der Waals surface area contributed by atoms with Crippen molar-refractivity contribution in [2.75, 3.05) is 25.5 Å². The van der Waals surface area contributed by atoms with Gasteiger partial charge in [-0.3, -0.25) is 9.20 Å². The molecule has 0 unspecified atom stereocenters. The number of hydrogen-bond donors (Lipinski definition) is 3.